The fourth-order valence-electron chi connectivity index (χ4n) is 2.58. The molecule has 106 valence electrons. The van der Waals surface area contributed by atoms with Gasteiger partial charge in [-0.05, 0) is 51.0 Å². The van der Waals surface area contributed by atoms with Crippen LogP contribution < -0.4 is 5.32 Å². The van der Waals surface area contributed by atoms with Gasteiger partial charge < -0.3 is 5.32 Å². The number of benzene rings is 2. The summed E-state index contributed by atoms with van der Waals surface area (Å²) in [6, 6.07) is 13.7. The van der Waals surface area contributed by atoms with E-state index in [-0.39, 0.29) is 17.9 Å². The molecule has 0 radical (unpaired) electrons. The maximum Gasteiger partial charge on any atom is 0.123 e. The van der Waals surface area contributed by atoms with Crippen molar-refractivity contribution in [3.05, 3.63) is 70.5 Å². The Hall–Kier alpha value is -1.67. The molecule has 2 heteroatoms. The first-order valence-electron chi connectivity index (χ1n) is 7.05. The first-order valence-corrected chi connectivity index (χ1v) is 7.05. The van der Waals surface area contributed by atoms with Gasteiger partial charge >= 0.3 is 0 Å². The number of hydrogen-bond acceptors (Lipinski definition) is 1. The number of rotatable bonds is 4. The fourth-order valence-corrected chi connectivity index (χ4v) is 2.58. The van der Waals surface area contributed by atoms with Crippen LogP contribution in [0.25, 0.3) is 0 Å². The second kappa shape index (κ2) is 6.19. The van der Waals surface area contributed by atoms with Gasteiger partial charge in [0, 0.05) is 12.1 Å². The predicted molar refractivity (Wildman–Crippen MR) is 82.3 cm³/mol. The summed E-state index contributed by atoms with van der Waals surface area (Å²) in [6.45, 7) is 8.50. The van der Waals surface area contributed by atoms with E-state index in [0.717, 1.165) is 5.56 Å². The molecule has 0 spiro atoms. The molecule has 1 unspecified atom stereocenters. The predicted octanol–water partition coefficient (Wildman–Crippen LogP) is 4.85. The molecule has 0 saturated heterocycles. The third kappa shape index (κ3) is 3.67. The van der Waals surface area contributed by atoms with Crippen LogP contribution in [0.15, 0.2) is 42.5 Å². The topological polar surface area (TPSA) is 12.0 Å². The molecule has 0 aliphatic heterocycles. The lowest BCUT2D eigenvalue weighted by Gasteiger charge is -2.21. The van der Waals surface area contributed by atoms with Crippen LogP contribution >= 0.6 is 0 Å². The van der Waals surface area contributed by atoms with Gasteiger partial charge in [-0.1, -0.05) is 41.5 Å². The minimum absolute atomic E-state index is 0.186. The molecular weight excluding hydrogens is 249 g/mol. The van der Waals surface area contributed by atoms with E-state index in [9.17, 15) is 4.39 Å². The SMILES string of the molecule is Cc1cc(C)cc(C(C)N[C@H](C)c2ccc(F)cc2)c1. The van der Waals surface area contributed by atoms with Gasteiger partial charge in [0.25, 0.3) is 0 Å². The standard InChI is InChI=1S/C18H22FN/c1-12-9-13(2)11-17(10-12)15(4)20-14(3)16-5-7-18(19)8-6-16/h5-11,14-15,20H,1-4H3/t14-,15?/m1/s1. The second-order valence-corrected chi connectivity index (χ2v) is 5.58. The van der Waals surface area contributed by atoms with Crippen molar-refractivity contribution in [1.29, 1.82) is 0 Å². The van der Waals surface area contributed by atoms with E-state index in [1.807, 2.05) is 12.1 Å². The normalized spacial score (nSPS) is 14.1. The Morgan fingerprint density at radius 2 is 1.30 bits per heavy atom. The van der Waals surface area contributed by atoms with Crippen molar-refractivity contribution in [3.8, 4) is 0 Å². The van der Waals surface area contributed by atoms with E-state index < -0.39 is 0 Å². The first-order chi connectivity index (χ1) is 9.45. The minimum Gasteiger partial charge on any atom is -0.304 e. The van der Waals surface area contributed by atoms with E-state index in [2.05, 4.69) is 51.2 Å². The Morgan fingerprint density at radius 3 is 1.85 bits per heavy atom. The van der Waals surface area contributed by atoms with Crippen molar-refractivity contribution in [1.82, 2.24) is 5.32 Å². The van der Waals surface area contributed by atoms with Gasteiger partial charge in [-0.25, -0.2) is 4.39 Å². The Kier molecular flexibility index (Phi) is 4.56. The van der Waals surface area contributed by atoms with Gasteiger partial charge in [0.2, 0.25) is 0 Å². The summed E-state index contributed by atoms with van der Waals surface area (Å²) >= 11 is 0. The number of hydrogen-bond donors (Lipinski definition) is 1. The Bertz CT molecular complexity index is 554. The summed E-state index contributed by atoms with van der Waals surface area (Å²) in [5, 5.41) is 3.56. The Balaban J connectivity index is 2.10. The fraction of sp³-hybridized carbons (Fsp3) is 0.333. The third-order valence-electron chi connectivity index (χ3n) is 3.61. The summed E-state index contributed by atoms with van der Waals surface area (Å²) in [6.07, 6.45) is 0. The maximum atomic E-state index is 12.9. The highest BCUT2D eigenvalue weighted by Crippen LogP contribution is 2.21. The summed E-state index contributed by atoms with van der Waals surface area (Å²) in [7, 11) is 0. The molecule has 0 amide bonds. The molecule has 0 saturated carbocycles. The maximum absolute atomic E-state index is 12.9. The summed E-state index contributed by atoms with van der Waals surface area (Å²) in [5.41, 5.74) is 4.95. The smallest absolute Gasteiger partial charge is 0.123 e. The highest BCUT2D eigenvalue weighted by molar-refractivity contribution is 5.30. The molecular formula is C18H22FN. The lowest BCUT2D eigenvalue weighted by atomic mass is 10.0. The molecule has 0 aliphatic rings. The molecule has 1 nitrogen and oxygen atoms in total. The molecule has 1 N–H and O–H groups in total. The zero-order valence-corrected chi connectivity index (χ0v) is 12.6. The molecule has 2 rings (SSSR count). The third-order valence-corrected chi connectivity index (χ3v) is 3.61. The number of halogens is 1. The van der Waals surface area contributed by atoms with Crippen LogP contribution in [0.5, 0.6) is 0 Å². The van der Waals surface area contributed by atoms with Crippen LogP contribution in [-0.2, 0) is 0 Å². The van der Waals surface area contributed by atoms with Crippen LogP contribution in [-0.4, -0.2) is 0 Å². The zero-order chi connectivity index (χ0) is 14.7. The zero-order valence-electron chi connectivity index (χ0n) is 12.6. The summed E-state index contributed by atoms with van der Waals surface area (Å²) in [5.74, 6) is -0.191. The Labute approximate surface area is 120 Å². The van der Waals surface area contributed by atoms with Gasteiger partial charge in [-0.3, -0.25) is 0 Å². The van der Waals surface area contributed by atoms with Gasteiger partial charge in [0.15, 0.2) is 0 Å². The van der Waals surface area contributed by atoms with E-state index in [4.69, 9.17) is 0 Å². The Morgan fingerprint density at radius 1 is 0.800 bits per heavy atom. The second-order valence-electron chi connectivity index (χ2n) is 5.58. The summed E-state index contributed by atoms with van der Waals surface area (Å²) < 4.78 is 12.9. The summed E-state index contributed by atoms with van der Waals surface area (Å²) in [4.78, 5) is 0. The van der Waals surface area contributed by atoms with Gasteiger partial charge in [-0.15, -0.1) is 0 Å². The number of nitrogens with one attached hydrogen (secondary N) is 1. The highest BCUT2D eigenvalue weighted by atomic mass is 19.1. The van der Waals surface area contributed by atoms with Crippen molar-refractivity contribution in [3.63, 3.8) is 0 Å². The van der Waals surface area contributed by atoms with Crippen molar-refractivity contribution < 1.29 is 4.39 Å². The molecule has 0 aliphatic carbocycles. The highest BCUT2D eigenvalue weighted by Gasteiger charge is 2.11. The molecule has 2 aromatic rings. The van der Waals surface area contributed by atoms with E-state index in [0.29, 0.717) is 0 Å². The molecule has 0 heterocycles. The lowest BCUT2D eigenvalue weighted by molar-refractivity contribution is 0.493. The van der Waals surface area contributed by atoms with Crippen molar-refractivity contribution in [2.75, 3.05) is 0 Å². The van der Waals surface area contributed by atoms with Crippen LogP contribution in [0.2, 0.25) is 0 Å². The average molecular weight is 271 g/mol. The van der Waals surface area contributed by atoms with Crippen molar-refractivity contribution in [2.45, 2.75) is 39.8 Å². The monoisotopic (exact) mass is 271 g/mol. The van der Waals surface area contributed by atoms with Crippen LogP contribution in [0, 0.1) is 19.7 Å². The molecule has 2 aromatic carbocycles. The van der Waals surface area contributed by atoms with E-state index >= 15 is 0 Å². The molecule has 0 fully saturated rings. The molecule has 0 bridgehead atoms. The van der Waals surface area contributed by atoms with Crippen LogP contribution in [0.3, 0.4) is 0 Å². The van der Waals surface area contributed by atoms with E-state index in [1.54, 1.807) is 0 Å². The number of aryl methyl sites for hydroxylation is 2. The average Bonchev–Trinajstić information content (AvgIpc) is 2.38. The van der Waals surface area contributed by atoms with Crippen molar-refractivity contribution >= 4 is 0 Å². The van der Waals surface area contributed by atoms with Crippen LogP contribution in [0.4, 0.5) is 4.39 Å². The van der Waals surface area contributed by atoms with Crippen molar-refractivity contribution in [2.24, 2.45) is 0 Å². The largest absolute Gasteiger partial charge is 0.304 e. The van der Waals surface area contributed by atoms with Gasteiger partial charge in [-0.2, -0.15) is 0 Å². The quantitative estimate of drug-likeness (QED) is 0.837. The molecule has 0 aromatic heterocycles. The van der Waals surface area contributed by atoms with E-state index in [1.165, 1.54) is 28.8 Å². The first kappa shape index (κ1) is 14.7. The van der Waals surface area contributed by atoms with Crippen LogP contribution in [0.1, 0.15) is 48.2 Å². The minimum atomic E-state index is -0.191. The van der Waals surface area contributed by atoms with Gasteiger partial charge in [0.05, 0.1) is 0 Å². The van der Waals surface area contributed by atoms with Gasteiger partial charge in [0.1, 0.15) is 5.82 Å². The molecule has 20 heavy (non-hydrogen) atoms. The lowest BCUT2D eigenvalue weighted by Crippen LogP contribution is -2.22. The molecule has 2 atom stereocenters.